The Hall–Kier alpha value is -3.88. The van der Waals surface area contributed by atoms with Gasteiger partial charge in [-0.05, 0) is 88.0 Å². The molecule has 1 atom stereocenters. The van der Waals surface area contributed by atoms with Gasteiger partial charge in [0.1, 0.15) is 5.58 Å². The largest absolute Gasteiger partial charge is 0.464 e. The topological polar surface area (TPSA) is 41.6 Å². The van der Waals surface area contributed by atoms with E-state index in [0.717, 1.165) is 33.7 Å². The van der Waals surface area contributed by atoms with Crippen LogP contribution in [0, 0.1) is 13.8 Å². The summed E-state index contributed by atoms with van der Waals surface area (Å²) in [7, 11) is 4.01. The normalized spacial score (nSPS) is 12.7. The highest BCUT2D eigenvalue weighted by atomic mass is 19.4. The molecule has 0 spiro atoms. The lowest BCUT2D eigenvalue weighted by Crippen LogP contribution is -2.38. The summed E-state index contributed by atoms with van der Waals surface area (Å²) >= 11 is 0. The van der Waals surface area contributed by atoms with Gasteiger partial charge in [-0.1, -0.05) is 38.1 Å². The van der Waals surface area contributed by atoms with Gasteiger partial charge < -0.3 is 13.9 Å². The van der Waals surface area contributed by atoms with Gasteiger partial charge in [-0.15, -0.1) is 0 Å². The van der Waals surface area contributed by atoms with Gasteiger partial charge in [-0.2, -0.15) is 13.2 Å². The molecule has 5 aromatic rings. The number of aryl methyl sites for hydroxylation is 2. The fourth-order valence-corrected chi connectivity index (χ4v) is 5.33. The molecule has 0 aliphatic heterocycles. The number of rotatable bonds is 8. The zero-order chi connectivity index (χ0) is 31.5. The molecule has 228 valence electrons. The number of alkyl halides is 3. The molecule has 0 aliphatic rings. The molecule has 0 saturated carbocycles. The first-order valence-corrected chi connectivity index (χ1v) is 14.6. The second kappa shape index (κ2) is 13.2. The third-order valence-electron chi connectivity index (χ3n) is 7.89. The number of halogens is 3. The zero-order valence-corrected chi connectivity index (χ0v) is 25.9. The van der Waals surface area contributed by atoms with Crippen molar-refractivity contribution in [3.63, 3.8) is 0 Å². The molecule has 0 amide bonds. The van der Waals surface area contributed by atoms with Gasteiger partial charge in [0.05, 0.1) is 22.7 Å². The lowest BCUT2D eigenvalue weighted by Gasteiger charge is -2.28. The van der Waals surface area contributed by atoms with Crippen LogP contribution in [0.5, 0.6) is 0 Å². The molecule has 5 nitrogen and oxygen atoms in total. The van der Waals surface area contributed by atoms with Crippen LogP contribution in [0.25, 0.3) is 27.6 Å². The van der Waals surface area contributed by atoms with Gasteiger partial charge in [0.25, 0.3) is 0 Å². The molecule has 5 rings (SSSR count). The van der Waals surface area contributed by atoms with E-state index in [0.29, 0.717) is 41.9 Å². The molecule has 2 aromatic heterocycles. The van der Waals surface area contributed by atoms with E-state index in [4.69, 9.17) is 4.42 Å². The number of likely N-dealkylation sites (N-methyl/N-ethyl adjacent to an activating group) is 2. The number of benzene rings is 3. The molecule has 2 heterocycles. The molecule has 8 heteroatoms. The highest BCUT2D eigenvalue weighted by Gasteiger charge is 2.30. The van der Waals surface area contributed by atoms with Gasteiger partial charge in [0.15, 0.2) is 5.43 Å². The van der Waals surface area contributed by atoms with Crippen molar-refractivity contribution in [2.45, 2.75) is 59.9 Å². The van der Waals surface area contributed by atoms with E-state index in [2.05, 4.69) is 16.7 Å². The number of nitrogens with zero attached hydrogens (tertiary/aromatic N) is 3. The van der Waals surface area contributed by atoms with Crippen LogP contribution in [0.4, 0.5) is 13.2 Å². The molecular weight excluding hydrogens is 551 g/mol. The van der Waals surface area contributed by atoms with Crippen LogP contribution in [-0.4, -0.2) is 41.0 Å². The molecule has 0 aliphatic carbocycles. The van der Waals surface area contributed by atoms with Gasteiger partial charge in [0.2, 0.25) is 0 Å². The monoisotopic (exact) mass is 591 g/mol. The van der Waals surface area contributed by atoms with E-state index in [1.165, 1.54) is 12.1 Å². The highest BCUT2D eigenvalue weighted by molar-refractivity contribution is 5.85. The number of para-hydroxylation sites is 1. The summed E-state index contributed by atoms with van der Waals surface area (Å²) in [5.41, 5.74) is 5.02. The Morgan fingerprint density at radius 3 is 2.30 bits per heavy atom. The highest BCUT2D eigenvalue weighted by Crippen LogP contribution is 2.32. The Morgan fingerprint density at radius 1 is 0.884 bits per heavy atom. The van der Waals surface area contributed by atoms with Crippen molar-refractivity contribution in [2.75, 3.05) is 20.6 Å². The van der Waals surface area contributed by atoms with E-state index in [1.54, 1.807) is 12.3 Å². The Balaban J connectivity index is 0.00000207. The van der Waals surface area contributed by atoms with E-state index in [-0.39, 0.29) is 11.5 Å². The molecule has 43 heavy (non-hydrogen) atoms. The summed E-state index contributed by atoms with van der Waals surface area (Å²) in [6.45, 7) is 11.9. The molecule has 0 fully saturated rings. The summed E-state index contributed by atoms with van der Waals surface area (Å²) in [5.74, 6) is 0. The summed E-state index contributed by atoms with van der Waals surface area (Å²) in [6, 6.07) is 17.1. The van der Waals surface area contributed by atoms with Crippen molar-refractivity contribution in [2.24, 2.45) is 0 Å². The smallest absolute Gasteiger partial charge is 0.416 e. The molecule has 0 N–H and O–H groups in total. The van der Waals surface area contributed by atoms with Crippen LogP contribution in [0.2, 0.25) is 0 Å². The van der Waals surface area contributed by atoms with Crippen LogP contribution < -0.4 is 5.43 Å². The second-order valence-electron chi connectivity index (χ2n) is 11.1. The maximum absolute atomic E-state index is 13.4. The lowest BCUT2D eigenvalue weighted by molar-refractivity contribution is -0.137. The minimum absolute atomic E-state index is 0.00962. The van der Waals surface area contributed by atoms with E-state index >= 15 is 0 Å². The van der Waals surface area contributed by atoms with Crippen LogP contribution >= 0.6 is 0 Å². The third-order valence-corrected chi connectivity index (χ3v) is 7.89. The van der Waals surface area contributed by atoms with E-state index in [1.807, 2.05) is 89.0 Å². The van der Waals surface area contributed by atoms with Gasteiger partial charge in [-0.25, -0.2) is 0 Å². The van der Waals surface area contributed by atoms with Gasteiger partial charge >= 0.3 is 6.18 Å². The Bertz CT molecular complexity index is 1770. The molecular formula is C35H40F3N3O2. The van der Waals surface area contributed by atoms with Crippen LogP contribution in [0.1, 0.15) is 48.6 Å². The average molecular weight is 592 g/mol. The average Bonchev–Trinajstić information content (AvgIpc) is 3.34. The minimum atomic E-state index is -4.41. The molecule has 1 unspecified atom stereocenters. The van der Waals surface area contributed by atoms with Crippen LogP contribution in [0.3, 0.4) is 0 Å². The quantitative estimate of drug-likeness (QED) is 0.182. The molecule has 0 saturated heterocycles. The minimum Gasteiger partial charge on any atom is -0.464 e. The predicted octanol–water partition coefficient (Wildman–Crippen LogP) is 8.35. The van der Waals surface area contributed by atoms with Gasteiger partial charge in [0, 0.05) is 48.5 Å². The summed E-state index contributed by atoms with van der Waals surface area (Å²) in [5, 5.41) is 1.60. The number of hydrogen-bond donors (Lipinski definition) is 0. The van der Waals surface area contributed by atoms with Crippen molar-refractivity contribution in [3.8, 4) is 5.69 Å². The maximum atomic E-state index is 13.4. The zero-order valence-electron chi connectivity index (χ0n) is 25.9. The lowest BCUT2D eigenvalue weighted by atomic mass is 10.1. The fraction of sp³-hybridized carbons (Fsp3) is 0.343. The summed E-state index contributed by atoms with van der Waals surface area (Å²) < 4.78 is 47.8. The molecule has 0 radical (unpaired) electrons. The third kappa shape index (κ3) is 7.03. The van der Waals surface area contributed by atoms with Crippen molar-refractivity contribution < 1.29 is 17.6 Å². The van der Waals surface area contributed by atoms with Crippen molar-refractivity contribution >= 4 is 21.9 Å². The Kier molecular flexibility index (Phi) is 9.82. The Labute approximate surface area is 251 Å². The summed E-state index contributed by atoms with van der Waals surface area (Å²) in [6.07, 6.45) is -0.917. The van der Waals surface area contributed by atoms with Gasteiger partial charge in [-0.3, -0.25) is 9.69 Å². The van der Waals surface area contributed by atoms with Crippen molar-refractivity contribution in [3.05, 3.63) is 111 Å². The van der Waals surface area contributed by atoms with Crippen LogP contribution in [0.15, 0.2) is 82.3 Å². The predicted molar refractivity (Wildman–Crippen MR) is 169 cm³/mol. The molecule has 3 aromatic carbocycles. The first kappa shape index (κ1) is 32.0. The standard InChI is InChI=1S/C33H34F3N3O2.C2H6/c1-21-13-29-31(14-22(21)2)41-20-25(32(29)40)17-37(4)16-23(3)38(5)18-24-19-39(30-12-7-6-11-28(24)30)27-10-8-9-26(15-27)33(34,35)36;1-2/h6-15,19-20,23H,16-18H2,1-5H3;1-2H3. The fourth-order valence-electron chi connectivity index (χ4n) is 5.33. The Morgan fingerprint density at radius 2 is 1.58 bits per heavy atom. The number of aromatic nitrogens is 1. The maximum Gasteiger partial charge on any atom is 0.416 e. The first-order valence-electron chi connectivity index (χ1n) is 14.6. The molecule has 0 bridgehead atoms. The second-order valence-corrected chi connectivity index (χ2v) is 11.1. The van der Waals surface area contributed by atoms with E-state index in [9.17, 15) is 18.0 Å². The van der Waals surface area contributed by atoms with Crippen molar-refractivity contribution in [1.29, 1.82) is 0 Å². The SMILES string of the molecule is CC.Cc1cc2occ(CN(C)CC(C)N(C)Cc3cn(-c4cccc(C(F)(F)F)c4)c4ccccc34)c(=O)c2cc1C. The van der Waals surface area contributed by atoms with Crippen LogP contribution in [-0.2, 0) is 19.3 Å². The summed E-state index contributed by atoms with van der Waals surface area (Å²) in [4.78, 5) is 17.5. The number of hydrogen-bond acceptors (Lipinski definition) is 4. The first-order chi connectivity index (χ1) is 20.4. The van der Waals surface area contributed by atoms with Crippen molar-refractivity contribution in [1.82, 2.24) is 14.4 Å². The number of fused-ring (bicyclic) bond motifs is 2. The van der Waals surface area contributed by atoms with E-state index < -0.39 is 11.7 Å².